The van der Waals surface area contributed by atoms with Gasteiger partial charge in [-0.05, 0) is 39.2 Å². The number of aromatic nitrogens is 2. The molecule has 0 fully saturated rings. The number of hydrogen-bond acceptors (Lipinski definition) is 2. The number of rotatable bonds is 4. The van der Waals surface area contributed by atoms with Gasteiger partial charge in [0.05, 0.1) is 6.20 Å². The van der Waals surface area contributed by atoms with Gasteiger partial charge in [0.1, 0.15) is 0 Å². The average molecular weight is 219 g/mol. The number of allylic oxidation sites excluding steroid dienone is 1. The molecule has 0 saturated heterocycles. The third-order valence-electron chi connectivity index (χ3n) is 3.33. The molecule has 1 aromatic heterocycles. The van der Waals surface area contributed by atoms with E-state index in [1.165, 1.54) is 31.2 Å². The van der Waals surface area contributed by atoms with E-state index in [1.807, 2.05) is 25.0 Å². The summed E-state index contributed by atoms with van der Waals surface area (Å²) in [6, 6.07) is 0.415. The number of nitrogens with zero attached hydrogens (tertiary/aromatic N) is 2. The summed E-state index contributed by atoms with van der Waals surface area (Å²) in [5.41, 5.74) is 2.89. The molecule has 0 saturated carbocycles. The van der Waals surface area contributed by atoms with Crippen LogP contribution in [0.2, 0.25) is 0 Å². The van der Waals surface area contributed by atoms with Crippen LogP contribution in [0.25, 0.3) is 0 Å². The van der Waals surface area contributed by atoms with Crippen molar-refractivity contribution in [1.82, 2.24) is 15.1 Å². The second-order valence-electron chi connectivity index (χ2n) is 4.60. The van der Waals surface area contributed by atoms with Crippen LogP contribution in [-0.4, -0.2) is 16.8 Å². The Morgan fingerprint density at radius 3 is 2.94 bits per heavy atom. The predicted molar refractivity (Wildman–Crippen MR) is 66.2 cm³/mol. The van der Waals surface area contributed by atoms with Crippen molar-refractivity contribution in [2.75, 3.05) is 7.05 Å². The summed E-state index contributed by atoms with van der Waals surface area (Å²) in [7, 11) is 4.00. The van der Waals surface area contributed by atoms with E-state index in [1.54, 1.807) is 5.57 Å². The molecule has 1 unspecified atom stereocenters. The van der Waals surface area contributed by atoms with Crippen LogP contribution in [0.4, 0.5) is 0 Å². The van der Waals surface area contributed by atoms with E-state index in [0.717, 1.165) is 6.42 Å². The Morgan fingerprint density at radius 2 is 2.38 bits per heavy atom. The minimum Gasteiger partial charge on any atom is -0.313 e. The van der Waals surface area contributed by atoms with Crippen molar-refractivity contribution in [3.05, 3.63) is 29.6 Å². The highest BCUT2D eigenvalue weighted by Crippen LogP contribution is 2.27. The van der Waals surface area contributed by atoms with Gasteiger partial charge in [0.2, 0.25) is 0 Å². The van der Waals surface area contributed by atoms with Gasteiger partial charge in [-0.15, -0.1) is 0 Å². The van der Waals surface area contributed by atoms with Gasteiger partial charge in [0.25, 0.3) is 0 Å². The Morgan fingerprint density at radius 1 is 1.50 bits per heavy atom. The highest BCUT2D eigenvalue weighted by Gasteiger charge is 2.14. The Hall–Kier alpha value is -1.09. The van der Waals surface area contributed by atoms with Crippen LogP contribution in [0, 0.1) is 0 Å². The van der Waals surface area contributed by atoms with Crippen LogP contribution in [0.3, 0.4) is 0 Å². The molecule has 0 bridgehead atoms. The van der Waals surface area contributed by atoms with Crippen molar-refractivity contribution in [3.63, 3.8) is 0 Å². The molecule has 0 radical (unpaired) electrons. The van der Waals surface area contributed by atoms with E-state index >= 15 is 0 Å². The second kappa shape index (κ2) is 5.30. The molecule has 88 valence electrons. The van der Waals surface area contributed by atoms with E-state index < -0.39 is 0 Å². The van der Waals surface area contributed by atoms with Crippen LogP contribution in [0.1, 0.15) is 43.7 Å². The van der Waals surface area contributed by atoms with Crippen molar-refractivity contribution in [2.45, 2.75) is 38.1 Å². The van der Waals surface area contributed by atoms with Gasteiger partial charge >= 0.3 is 0 Å². The fourth-order valence-electron chi connectivity index (χ4n) is 2.36. The average Bonchev–Trinajstić information content (AvgIpc) is 2.74. The molecule has 1 atom stereocenters. The smallest absolute Gasteiger partial charge is 0.0537 e. The van der Waals surface area contributed by atoms with E-state index in [0.29, 0.717) is 6.04 Å². The van der Waals surface area contributed by atoms with Gasteiger partial charge in [-0.1, -0.05) is 11.6 Å². The van der Waals surface area contributed by atoms with Crippen LogP contribution in [-0.2, 0) is 7.05 Å². The van der Waals surface area contributed by atoms with Crippen molar-refractivity contribution < 1.29 is 0 Å². The summed E-state index contributed by atoms with van der Waals surface area (Å²) in [6.07, 6.45) is 12.9. The lowest BCUT2D eigenvalue weighted by atomic mass is 9.92. The minimum absolute atomic E-state index is 0.415. The Kier molecular flexibility index (Phi) is 3.78. The second-order valence-corrected chi connectivity index (χ2v) is 4.60. The summed E-state index contributed by atoms with van der Waals surface area (Å²) in [4.78, 5) is 0. The van der Waals surface area contributed by atoms with Crippen molar-refractivity contribution >= 4 is 0 Å². The van der Waals surface area contributed by atoms with Crippen LogP contribution in [0.15, 0.2) is 24.0 Å². The molecule has 0 amide bonds. The molecular formula is C13H21N3. The van der Waals surface area contributed by atoms with Gasteiger partial charge in [-0.3, -0.25) is 4.68 Å². The Labute approximate surface area is 97.5 Å². The maximum atomic E-state index is 4.24. The quantitative estimate of drug-likeness (QED) is 0.789. The molecular weight excluding hydrogens is 198 g/mol. The van der Waals surface area contributed by atoms with Crippen molar-refractivity contribution in [1.29, 1.82) is 0 Å². The monoisotopic (exact) mass is 219 g/mol. The largest absolute Gasteiger partial charge is 0.313 e. The summed E-state index contributed by atoms with van der Waals surface area (Å²) in [6.45, 7) is 0. The molecule has 16 heavy (non-hydrogen) atoms. The summed E-state index contributed by atoms with van der Waals surface area (Å²) < 4.78 is 1.87. The zero-order valence-electron chi connectivity index (χ0n) is 10.2. The summed E-state index contributed by atoms with van der Waals surface area (Å²) in [5.74, 6) is 0. The first-order valence-electron chi connectivity index (χ1n) is 6.13. The number of hydrogen-bond donors (Lipinski definition) is 1. The fraction of sp³-hybridized carbons (Fsp3) is 0.615. The predicted octanol–water partition coefficient (Wildman–Crippen LogP) is 2.57. The Bertz CT molecular complexity index is 365. The maximum Gasteiger partial charge on any atom is 0.0537 e. The lowest BCUT2D eigenvalue weighted by molar-refractivity contribution is 0.558. The van der Waals surface area contributed by atoms with Gasteiger partial charge in [0.15, 0.2) is 0 Å². The third-order valence-corrected chi connectivity index (χ3v) is 3.33. The SMILES string of the molecule is CNC(CC1=CCCCC1)c1cnn(C)c1. The number of nitrogens with one attached hydrogen (secondary N) is 1. The molecule has 3 heteroatoms. The van der Waals surface area contributed by atoms with Crippen LogP contribution < -0.4 is 5.32 Å². The first-order valence-corrected chi connectivity index (χ1v) is 6.13. The van der Waals surface area contributed by atoms with E-state index in [9.17, 15) is 0 Å². The molecule has 0 aliphatic heterocycles. The highest BCUT2D eigenvalue weighted by atomic mass is 15.2. The molecule has 0 spiro atoms. The first kappa shape index (κ1) is 11.4. The standard InChI is InChI=1S/C13H21N3/c1-14-13(12-9-15-16(2)10-12)8-11-6-4-3-5-7-11/h6,9-10,13-14H,3-5,7-8H2,1-2H3. The lowest BCUT2D eigenvalue weighted by Gasteiger charge is -2.19. The van der Waals surface area contributed by atoms with Gasteiger partial charge in [-0.25, -0.2) is 0 Å². The normalized spacial score (nSPS) is 18.2. The summed E-state index contributed by atoms with van der Waals surface area (Å²) >= 11 is 0. The molecule has 1 aliphatic carbocycles. The van der Waals surface area contributed by atoms with E-state index in [4.69, 9.17) is 0 Å². The minimum atomic E-state index is 0.415. The molecule has 0 aromatic carbocycles. The summed E-state index contributed by atoms with van der Waals surface area (Å²) in [5, 5.41) is 7.62. The first-order chi connectivity index (χ1) is 7.79. The van der Waals surface area contributed by atoms with E-state index in [2.05, 4.69) is 22.7 Å². The highest BCUT2D eigenvalue weighted by molar-refractivity contribution is 5.16. The molecule has 3 nitrogen and oxygen atoms in total. The van der Waals surface area contributed by atoms with Crippen LogP contribution >= 0.6 is 0 Å². The Balaban J connectivity index is 2.02. The number of aryl methyl sites for hydroxylation is 1. The van der Waals surface area contributed by atoms with Gasteiger partial charge in [-0.2, -0.15) is 5.10 Å². The van der Waals surface area contributed by atoms with Gasteiger partial charge in [0, 0.05) is 24.8 Å². The third kappa shape index (κ3) is 2.73. The van der Waals surface area contributed by atoms with E-state index in [-0.39, 0.29) is 0 Å². The van der Waals surface area contributed by atoms with Crippen LogP contribution in [0.5, 0.6) is 0 Å². The molecule has 2 rings (SSSR count). The zero-order valence-corrected chi connectivity index (χ0v) is 10.2. The molecule has 1 N–H and O–H groups in total. The van der Waals surface area contributed by atoms with Crippen molar-refractivity contribution in [2.24, 2.45) is 7.05 Å². The molecule has 1 heterocycles. The molecule has 1 aliphatic rings. The van der Waals surface area contributed by atoms with Gasteiger partial charge < -0.3 is 5.32 Å². The van der Waals surface area contributed by atoms with Crippen molar-refractivity contribution in [3.8, 4) is 0 Å². The lowest BCUT2D eigenvalue weighted by Crippen LogP contribution is -2.17. The molecule has 1 aromatic rings. The topological polar surface area (TPSA) is 29.9 Å². The zero-order chi connectivity index (χ0) is 11.4. The fourth-order valence-corrected chi connectivity index (χ4v) is 2.36. The maximum absolute atomic E-state index is 4.24.